The molecule has 0 fully saturated rings. The van der Waals surface area contributed by atoms with Crippen LogP contribution in [0.15, 0.2) is 91.0 Å². The fourth-order valence-corrected chi connectivity index (χ4v) is 2.43. The molecule has 0 aliphatic rings. The van der Waals surface area contributed by atoms with E-state index in [0.717, 1.165) is 16.7 Å². The van der Waals surface area contributed by atoms with Crippen LogP contribution in [0, 0.1) is 0 Å². The van der Waals surface area contributed by atoms with Gasteiger partial charge >= 0.3 is 6.09 Å². The Kier molecular flexibility index (Phi) is 6.40. The van der Waals surface area contributed by atoms with Crippen LogP contribution in [0.5, 0.6) is 0 Å². The first-order chi connectivity index (χ1) is 12.8. The van der Waals surface area contributed by atoms with E-state index >= 15 is 0 Å². The van der Waals surface area contributed by atoms with Crippen LogP contribution in [0.2, 0.25) is 0 Å². The lowest BCUT2D eigenvalue weighted by atomic mass is 10.2. The topological polar surface area (TPSA) is 38.8 Å². The van der Waals surface area contributed by atoms with E-state index in [1.54, 1.807) is 0 Å². The molecule has 0 N–H and O–H groups in total. The minimum absolute atomic E-state index is 0.208. The zero-order chi connectivity index (χ0) is 18.0. The van der Waals surface area contributed by atoms with Gasteiger partial charge in [0.05, 0.1) is 6.54 Å². The van der Waals surface area contributed by atoms with Gasteiger partial charge in [0.15, 0.2) is 0 Å². The van der Waals surface area contributed by atoms with Gasteiger partial charge < -0.3 is 4.74 Å². The van der Waals surface area contributed by atoms with Gasteiger partial charge in [0, 0.05) is 0 Å². The molecule has 4 nitrogen and oxygen atoms in total. The fraction of sp³-hybridized carbons (Fsp3) is 0.136. The van der Waals surface area contributed by atoms with Crippen molar-refractivity contribution in [3.63, 3.8) is 0 Å². The van der Waals surface area contributed by atoms with E-state index in [2.05, 4.69) is 0 Å². The molecule has 3 aromatic carbocycles. The van der Waals surface area contributed by atoms with Crippen molar-refractivity contribution in [1.29, 1.82) is 0 Å². The molecular formula is C22H21NO3. The number of amides is 1. The monoisotopic (exact) mass is 347 g/mol. The summed E-state index contributed by atoms with van der Waals surface area (Å²) < 4.78 is 5.41. The van der Waals surface area contributed by atoms with Gasteiger partial charge in [-0.25, -0.2) is 4.79 Å². The molecule has 0 unspecified atom stereocenters. The normalized spacial score (nSPS) is 10.3. The maximum absolute atomic E-state index is 12.5. The number of ether oxygens (including phenoxy) is 1. The minimum atomic E-state index is -0.506. The van der Waals surface area contributed by atoms with Crippen molar-refractivity contribution < 1.29 is 14.4 Å². The Morgan fingerprint density at radius 2 is 1.12 bits per heavy atom. The number of nitrogens with zero attached hydrogens (tertiary/aromatic N) is 1. The maximum atomic E-state index is 12.5. The number of carbonyl (C=O) groups excluding carboxylic acids is 1. The highest BCUT2D eigenvalue weighted by Crippen LogP contribution is 2.11. The van der Waals surface area contributed by atoms with Crippen molar-refractivity contribution >= 4 is 6.09 Å². The van der Waals surface area contributed by atoms with E-state index in [1.807, 2.05) is 91.0 Å². The molecule has 0 bridgehead atoms. The van der Waals surface area contributed by atoms with Crippen LogP contribution >= 0.6 is 0 Å². The van der Waals surface area contributed by atoms with Crippen LogP contribution in [0.3, 0.4) is 0 Å². The predicted octanol–water partition coefficient (Wildman–Crippen LogP) is 4.96. The molecule has 1 amide bonds. The molecule has 0 aromatic heterocycles. The molecule has 26 heavy (non-hydrogen) atoms. The Bertz CT molecular complexity index is 791. The third-order valence-corrected chi connectivity index (χ3v) is 3.81. The zero-order valence-electron chi connectivity index (χ0n) is 14.5. The van der Waals surface area contributed by atoms with E-state index in [4.69, 9.17) is 9.57 Å². The molecule has 0 heterocycles. The van der Waals surface area contributed by atoms with E-state index in [-0.39, 0.29) is 6.61 Å². The van der Waals surface area contributed by atoms with Gasteiger partial charge in [-0.2, -0.15) is 5.06 Å². The molecule has 0 aliphatic heterocycles. The highest BCUT2D eigenvalue weighted by atomic mass is 16.7. The van der Waals surface area contributed by atoms with Gasteiger partial charge in [0.2, 0.25) is 0 Å². The van der Waals surface area contributed by atoms with Crippen molar-refractivity contribution in [3.05, 3.63) is 108 Å². The number of hydroxylamine groups is 2. The van der Waals surface area contributed by atoms with Crippen LogP contribution in [-0.2, 0) is 29.3 Å². The number of hydrogen-bond donors (Lipinski definition) is 0. The van der Waals surface area contributed by atoms with Crippen molar-refractivity contribution in [2.24, 2.45) is 0 Å². The quantitative estimate of drug-likeness (QED) is 0.567. The van der Waals surface area contributed by atoms with E-state index in [1.165, 1.54) is 5.06 Å². The Balaban J connectivity index is 1.63. The molecule has 3 rings (SSSR count). The number of carbonyl (C=O) groups is 1. The summed E-state index contributed by atoms with van der Waals surface area (Å²) >= 11 is 0. The van der Waals surface area contributed by atoms with Gasteiger partial charge in [0.1, 0.15) is 13.2 Å². The molecule has 0 saturated heterocycles. The summed E-state index contributed by atoms with van der Waals surface area (Å²) in [4.78, 5) is 18.3. The summed E-state index contributed by atoms with van der Waals surface area (Å²) in [7, 11) is 0. The molecule has 0 aliphatic carbocycles. The lowest BCUT2D eigenvalue weighted by Crippen LogP contribution is -2.31. The average Bonchev–Trinajstić information content (AvgIpc) is 2.71. The summed E-state index contributed by atoms with van der Waals surface area (Å²) in [5, 5.41) is 1.27. The van der Waals surface area contributed by atoms with Gasteiger partial charge in [-0.15, -0.1) is 0 Å². The van der Waals surface area contributed by atoms with E-state index < -0.39 is 6.09 Å². The molecule has 3 aromatic rings. The highest BCUT2D eigenvalue weighted by Gasteiger charge is 2.17. The Morgan fingerprint density at radius 1 is 0.654 bits per heavy atom. The van der Waals surface area contributed by atoms with Crippen molar-refractivity contribution in [2.45, 2.75) is 19.8 Å². The smallest absolute Gasteiger partial charge is 0.434 e. The van der Waals surface area contributed by atoms with Crippen molar-refractivity contribution in [3.8, 4) is 0 Å². The Morgan fingerprint density at radius 3 is 1.65 bits per heavy atom. The predicted molar refractivity (Wildman–Crippen MR) is 99.8 cm³/mol. The Hall–Kier alpha value is -3.11. The van der Waals surface area contributed by atoms with Gasteiger partial charge in [-0.05, 0) is 16.7 Å². The molecule has 0 saturated carbocycles. The average molecular weight is 347 g/mol. The van der Waals surface area contributed by atoms with Crippen LogP contribution < -0.4 is 0 Å². The van der Waals surface area contributed by atoms with E-state index in [9.17, 15) is 4.79 Å². The van der Waals surface area contributed by atoms with Crippen LogP contribution in [0.1, 0.15) is 16.7 Å². The second-order valence-corrected chi connectivity index (χ2v) is 5.82. The van der Waals surface area contributed by atoms with E-state index in [0.29, 0.717) is 13.2 Å². The first-order valence-electron chi connectivity index (χ1n) is 8.50. The second-order valence-electron chi connectivity index (χ2n) is 5.82. The Labute approximate surface area is 153 Å². The molecule has 4 heteroatoms. The number of benzene rings is 3. The number of rotatable bonds is 7. The lowest BCUT2D eigenvalue weighted by Gasteiger charge is -2.21. The third-order valence-electron chi connectivity index (χ3n) is 3.81. The minimum Gasteiger partial charge on any atom is -0.443 e. The van der Waals surface area contributed by atoms with Gasteiger partial charge in [-0.1, -0.05) is 91.0 Å². The largest absolute Gasteiger partial charge is 0.443 e. The van der Waals surface area contributed by atoms with Crippen molar-refractivity contribution in [1.82, 2.24) is 5.06 Å². The van der Waals surface area contributed by atoms with Crippen LogP contribution in [0.4, 0.5) is 4.79 Å². The first-order valence-corrected chi connectivity index (χ1v) is 8.50. The highest BCUT2D eigenvalue weighted by molar-refractivity contribution is 5.66. The summed E-state index contributed by atoms with van der Waals surface area (Å²) in [6.45, 7) is 0.828. The third kappa shape index (κ3) is 5.46. The summed E-state index contributed by atoms with van der Waals surface area (Å²) in [5.74, 6) is 0. The zero-order valence-corrected chi connectivity index (χ0v) is 14.5. The molecule has 132 valence electrons. The summed E-state index contributed by atoms with van der Waals surface area (Å²) in [5.41, 5.74) is 2.89. The van der Waals surface area contributed by atoms with Gasteiger partial charge in [0.25, 0.3) is 0 Å². The second kappa shape index (κ2) is 9.39. The molecule has 0 atom stereocenters. The summed E-state index contributed by atoms with van der Waals surface area (Å²) in [6.07, 6.45) is -0.506. The molecule has 0 radical (unpaired) electrons. The maximum Gasteiger partial charge on any atom is 0.434 e. The fourth-order valence-electron chi connectivity index (χ4n) is 2.43. The van der Waals surface area contributed by atoms with Gasteiger partial charge in [-0.3, -0.25) is 4.84 Å². The molecular weight excluding hydrogens is 326 g/mol. The standard InChI is InChI=1S/C22H21NO3/c24-22(25-17-20-12-6-2-7-13-20)23(16-19-10-4-1-5-11-19)26-18-21-14-8-3-9-15-21/h1-15H,16-18H2. The molecule has 0 spiro atoms. The SMILES string of the molecule is O=C(OCc1ccccc1)N(Cc1ccccc1)OCc1ccccc1. The van der Waals surface area contributed by atoms with Crippen LogP contribution in [0.25, 0.3) is 0 Å². The lowest BCUT2D eigenvalue weighted by molar-refractivity contribution is -0.154. The first kappa shape index (κ1) is 17.7. The van der Waals surface area contributed by atoms with Crippen LogP contribution in [-0.4, -0.2) is 11.2 Å². The summed E-state index contributed by atoms with van der Waals surface area (Å²) in [6, 6.07) is 29.0. The number of hydrogen-bond acceptors (Lipinski definition) is 3. The van der Waals surface area contributed by atoms with Crippen molar-refractivity contribution in [2.75, 3.05) is 0 Å².